The molecule has 0 aliphatic heterocycles. The lowest BCUT2D eigenvalue weighted by atomic mass is 10.00. The van der Waals surface area contributed by atoms with Gasteiger partial charge in [0.1, 0.15) is 17.6 Å². The van der Waals surface area contributed by atoms with E-state index in [1.165, 1.54) is 6.92 Å². The number of rotatable bonds is 10. The number of carbonyl (C=O) groups is 3. The van der Waals surface area contributed by atoms with Gasteiger partial charge in [-0.25, -0.2) is 8.78 Å². The fourth-order valence-electron chi connectivity index (χ4n) is 3.47. The van der Waals surface area contributed by atoms with Crippen molar-refractivity contribution in [3.05, 3.63) is 107 Å². The highest BCUT2D eigenvalue weighted by molar-refractivity contribution is 6.00. The Balaban J connectivity index is 1.44. The van der Waals surface area contributed by atoms with Crippen LogP contribution in [0.15, 0.2) is 72.8 Å². The third-order valence-corrected chi connectivity index (χ3v) is 5.43. The molecule has 0 bridgehead atoms. The van der Waals surface area contributed by atoms with Crippen LogP contribution < -0.4 is 16.0 Å². The van der Waals surface area contributed by atoms with Crippen LogP contribution >= 0.6 is 0 Å². The fraction of sp³-hybridized carbons (Fsp3) is 0.222. The zero-order valence-corrected chi connectivity index (χ0v) is 19.3. The van der Waals surface area contributed by atoms with Gasteiger partial charge in [-0.05, 0) is 47.7 Å². The summed E-state index contributed by atoms with van der Waals surface area (Å²) in [6.45, 7) is 1.27. The molecule has 6 nitrogen and oxygen atoms in total. The summed E-state index contributed by atoms with van der Waals surface area (Å²) in [7, 11) is 0. The first-order valence-corrected chi connectivity index (χ1v) is 11.2. The molecule has 0 aliphatic rings. The average Bonchev–Trinajstić information content (AvgIpc) is 2.85. The van der Waals surface area contributed by atoms with E-state index in [0.717, 1.165) is 41.3 Å². The minimum Gasteiger partial charge on any atom is -0.351 e. The molecule has 3 N–H and O–H groups in total. The van der Waals surface area contributed by atoms with Gasteiger partial charge in [0.05, 0.1) is 6.54 Å². The SMILES string of the molecule is CC(C(=O)NCC(=O)NCc1ccccc1Cc1ccccc1)C(=O)NCc1cc(F)cc(F)c1. The van der Waals surface area contributed by atoms with Crippen molar-refractivity contribution in [1.29, 1.82) is 0 Å². The van der Waals surface area contributed by atoms with Gasteiger partial charge < -0.3 is 16.0 Å². The topological polar surface area (TPSA) is 87.3 Å². The maximum atomic E-state index is 13.3. The molecule has 0 spiro atoms. The van der Waals surface area contributed by atoms with Gasteiger partial charge in [0.25, 0.3) is 0 Å². The second kappa shape index (κ2) is 12.4. The Kier molecular flexibility index (Phi) is 9.06. The Labute approximate surface area is 202 Å². The van der Waals surface area contributed by atoms with Crippen LogP contribution in [-0.4, -0.2) is 24.3 Å². The quantitative estimate of drug-likeness (QED) is 0.390. The molecule has 1 unspecified atom stereocenters. The van der Waals surface area contributed by atoms with Gasteiger partial charge in [0.2, 0.25) is 17.7 Å². The molecule has 35 heavy (non-hydrogen) atoms. The van der Waals surface area contributed by atoms with Crippen molar-refractivity contribution in [2.75, 3.05) is 6.54 Å². The molecule has 3 amide bonds. The first kappa shape index (κ1) is 25.6. The maximum absolute atomic E-state index is 13.3. The second-order valence-corrected chi connectivity index (χ2v) is 8.14. The summed E-state index contributed by atoms with van der Waals surface area (Å²) in [6, 6.07) is 20.7. The summed E-state index contributed by atoms with van der Waals surface area (Å²) in [5.41, 5.74) is 3.45. The molecule has 0 aliphatic carbocycles. The summed E-state index contributed by atoms with van der Waals surface area (Å²) in [6.07, 6.45) is 0.735. The molecule has 8 heteroatoms. The summed E-state index contributed by atoms with van der Waals surface area (Å²) in [4.78, 5) is 36.7. The van der Waals surface area contributed by atoms with Crippen molar-refractivity contribution in [1.82, 2.24) is 16.0 Å². The van der Waals surface area contributed by atoms with E-state index in [4.69, 9.17) is 0 Å². The lowest BCUT2D eigenvalue weighted by Gasteiger charge is -2.14. The Morgan fingerprint density at radius 2 is 1.31 bits per heavy atom. The van der Waals surface area contributed by atoms with Crippen LogP contribution in [0.4, 0.5) is 8.78 Å². The van der Waals surface area contributed by atoms with E-state index >= 15 is 0 Å². The number of benzene rings is 3. The first-order chi connectivity index (χ1) is 16.8. The third kappa shape index (κ3) is 8.03. The highest BCUT2D eigenvalue weighted by atomic mass is 19.1. The molecule has 3 rings (SSSR count). The largest absolute Gasteiger partial charge is 0.351 e. The highest BCUT2D eigenvalue weighted by Gasteiger charge is 2.21. The molecule has 3 aromatic carbocycles. The predicted molar refractivity (Wildman–Crippen MR) is 128 cm³/mol. The summed E-state index contributed by atoms with van der Waals surface area (Å²) < 4.78 is 26.5. The lowest BCUT2D eigenvalue weighted by Crippen LogP contribution is -2.43. The normalized spacial score (nSPS) is 11.4. The molecule has 0 saturated carbocycles. The lowest BCUT2D eigenvalue weighted by molar-refractivity contribution is -0.135. The molecule has 0 heterocycles. The van der Waals surface area contributed by atoms with E-state index in [0.29, 0.717) is 6.54 Å². The maximum Gasteiger partial charge on any atom is 0.239 e. The Morgan fingerprint density at radius 3 is 2.00 bits per heavy atom. The Hall–Kier alpha value is -4.07. The van der Waals surface area contributed by atoms with Crippen molar-refractivity contribution in [3.8, 4) is 0 Å². The van der Waals surface area contributed by atoms with Crippen molar-refractivity contribution in [2.45, 2.75) is 26.4 Å². The van der Waals surface area contributed by atoms with E-state index in [2.05, 4.69) is 16.0 Å². The van der Waals surface area contributed by atoms with Crippen molar-refractivity contribution < 1.29 is 23.2 Å². The monoisotopic (exact) mass is 479 g/mol. The second-order valence-electron chi connectivity index (χ2n) is 8.14. The van der Waals surface area contributed by atoms with Gasteiger partial charge in [-0.2, -0.15) is 0 Å². The minimum atomic E-state index is -1.09. The van der Waals surface area contributed by atoms with E-state index in [-0.39, 0.29) is 18.7 Å². The van der Waals surface area contributed by atoms with Crippen molar-refractivity contribution in [3.63, 3.8) is 0 Å². The van der Waals surface area contributed by atoms with Gasteiger partial charge in [-0.15, -0.1) is 0 Å². The molecule has 182 valence electrons. The molecule has 0 radical (unpaired) electrons. The van der Waals surface area contributed by atoms with Gasteiger partial charge in [0.15, 0.2) is 0 Å². The number of carbonyl (C=O) groups excluding carboxylic acids is 3. The average molecular weight is 480 g/mol. The zero-order chi connectivity index (χ0) is 25.2. The van der Waals surface area contributed by atoms with E-state index in [1.807, 2.05) is 54.6 Å². The molecule has 3 aromatic rings. The van der Waals surface area contributed by atoms with Crippen LogP contribution in [0.3, 0.4) is 0 Å². The van der Waals surface area contributed by atoms with Crippen LogP contribution in [0.2, 0.25) is 0 Å². The van der Waals surface area contributed by atoms with Crippen LogP contribution in [0.5, 0.6) is 0 Å². The van der Waals surface area contributed by atoms with Crippen LogP contribution in [0.25, 0.3) is 0 Å². The third-order valence-electron chi connectivity index (χ3n) is 5.43. The Bertz CT molecular complexity index is 1170. The summed E-state index contributed by atoms with van der Waals surface area (Å²) in [5, 5.41) is 7.68. The molecule has 1 atom stereocenters. The van der Waals surface area contributed by atoms with E-state index in [9.17, 15) is 23.2 Å². The van der Waals surface area contributed by atoms with E-state index < -0.39 is 35.3 Å². The molecule has 0 aromatic heterocycles. The fourth-order valence-corrected chi connectivity index (χ4v) is 3.47. The molecular formula is C27H27F2N3O3. The highest BCUT2D eigenvalue weighted by Crippen LogP contribution is 2.14. The van der Waals surface area contributed by atoms with Crippen LogP contribution in [0, 0.1) is 17.6 Å². The number of halogens is 2. The Morgan fingerprint density at radius 1 is 0.714 bits per heavy atom. The first-order valence-electron chi connectivity index (χ1n) is 11.2. The summed E-state index contributed by atoms with van der Waals surface area (Å²) >= 11 is 0. The smallest absolute Gasteiger partial charge is 0.239 e. The minimum absolute atomic E-state index is 0.131. The van der Waals surface area contributed by atoms with Gasteiger partial charge in [-0.3, -0.25) is 14.4 Å². The number of nitrogens with one attached hydrogen (secondary N) is 3. The number of hydrogen-bond acceptors (Lipinski definition) is 3. The zero-order valence-electron chi connectivity index (χ0n) is 19.3. The number of amides is 3. The van der Waals surface area contributed by atoms with Gasteiger partial charge >= 0.3 is 0 Å². The van der Waals surface area contributed by atoms with Crippen molar-refractivity contribution in [2.24, 2.45) is 5.92 Å². The summed E-state index contributed by atoms with van der Waals surface area (Å²) in [5.74, 6) is -4.25. The van der Waals surface area contributed by atoms with Gasteiger partial charge in [0, 0.05) is 19.2 Å². The standard InChI is InChI=1S/C27H27F2N3O3/c1-18(26(34)31-15-20-12-23(28)14-24(29)13-20)27(35)32-17-25(33)30-16-22-10-6-5-9-21(22)11-19-7-3-2-4-8-19/h2-10,12-14,18H,11,15-17H2,1H3,(H,30,33)(H,31,34)(H,32,35). The molecular weight excluding hydrogens is 452 g/mol. The van der Waals surface area contributed by atoms with E-state index in [1.54, 1.807) is 0 Å². The number of hydrogen-bond donors (Lipinski definition) is 3. The van der Waals surface area contributed by atoms with Crippen LogP contribution in [-0.2, 0) is 33.9 Å². The van der Waals surface area contributed by atoms with Crippen molar-refractivity contribution >= 4 is 17.7 Å². The van der Waals surface area contributed by atoms with Gasteiger partial charge in [-0.1, -0.05) is 54.6 Å². The van der Waals surface area contributed by atoms with Crippen LogP contribution in [0.1, 0.15) is 29.2 Å². The molecule has 0 saturated heterocycles. The predicted octanol–water partition coefficient (Wildman–Crippen LogP) is 3.24. The molecule has 0 fully saturated rings.